The van der Waals surface area contributed by atoms with E-state index in [0.717, 1.165) is 41.7 Å². The lowest BCUT2D eigenvalue weighted by atomic mass is 9.89. The second kappa shape index (κ2) is 11.8. The summed E-state index contributed by atoms with van der Waals surface area (Å²) >= 11 is 0. The average molecular weight is 510 g/mol. The van der Waals surface area contributed by atoms with Gasteiger partial charge in [0, 0.05) is 24.4 Å². The Kier molecular flexibility index (Phi) is 9.02. The number of carboxylic acid groups (broad SMARTS) is 1. The molecule has 37 heavy (non-hydrogen) atoms. The first-order valence-electron chi connectivity index (χ1n) is 12.8. The molecular weight excluding hydrogens is 470 g/mol. The van der Waals surface area contributed by atoms with Crippen LogP contribution in [0.25, 0.3) is 11.0 Å². The van der Waals surface area contributed by atoms with E-state index in [1.807, 2.05) is 39.8 Å². The van der Waals surface area contributed by atoms with Crippen molar-refractivity contribution in [1.82, 2.24) is 4.90 Å². The summed E-state index contributed by atoms with van der Waals surface area (Å²) in [6.45, 7) is 10.1. The van der Waals surface area contributed by atoms with Gasteiger partial charge >= 0.3 is 5.97 Å². The molecule has 0 bridgehead atoms. The fraction of sp³-hybridized carbons (Fsp3) is 0.467. The van der Waals surface area contributed by atoms with E-state index in [1.54, 1.807) is 18.2 Å². The Balaban J connectivity index is 1.66. The van der Waals surface area contributed by atoms with E-state index in [4.69, 9.17) is 14.3 Å². The van der Waals surface area contributed by atoms with E-state index in [9.17, 15) is 14.7 Å². The van der Waals surface area contributed by atoms with Crippen LogP contribution in [-0.4, -0.2) is 53.3 Å². The maximum absolute atomic E-state index is 12.5. The van der Waals surface area contributed by atoms with Gasteiger partial charge in [0.25, 0.3) is 5.91 Å². The van der Waals surface area contributed by atoms with Crippen molar-refractivity contribution in [3.63, 3.8) is 0 Å². The molecule has 0 radical (unpaired) electrons. The first-order chi connectivity index (χ1) is 17.4. The number of hydrogen-bond acceptors (Lipinski definition) is 5. The third-order valence-electron chi connectivity index (χ3n) is 6.83. The molecule has 0 aliphatic carbocycles. The molecular formula is C30H39NO6. The van der Waals surface area contributed by atoms with E-state index < -0.39 is 12.1 Å². The van der Waals surface area contributed by atoms with Gasteiger partial charge in [0.1, 0.15) is 30.2 Å². The highest BCUT2D eigenvalue weighted by Gasteiger charge is 2.23. The summed E-state index contributed by atoms with van der Waals surface area (Å²) in [5, 5.41) is 20.0. The van der Waals surface area contributed by atoms with Gasteiger partial charge in [-0.15, -0.1) is 0 Å². The molecule has 7 heteroatoms. The number of benzene rings is 2. The minimum Gasteiger partial charge on any atom is -0.491 e. The number of ether oxygens (including phenoxy) is 1. The molecule has 7 nitrogen and oxygen atoms in total. The van der Waals surface area contributed by atoms with Crippen LogP contribution in [0, 0.1) is 12.3 Å². The normalized spacial score (nSPS) is 13.4. The van der Waals surface area contributed by atoms with Crippen molar-refractivity contribution in [1.29, 1.82) is 0 Å². The van der Waals surface area contributed by atoms with Crippen LogP contribution in [0.3, 0.4) is 0 Å². The Labute approximate surface area is 219 Å². The fourth-order valence-corrected chi connectivity index (χ4v) is 4.28. The summed E-state index contributed by atoms with van der Waals surface area (Å²) in [7, 11) is 1.47. The number of carbonyl (C=O) groups excluding carboxylic acids is 1. The first kappa shape index (κ1) is 28.3. The summed E-state index contributed by atoms with van der Waals surface area (Å²) in [4.78, 5) is 24.6. The van der Waals surface area contributed by atoms with Gasteiger partial charge in [0.05, 0.1) is 6.10 Å². The van der Waals surface area contributed by atoms with Crippen molar-refractivity contribution in [2.75, 3.05) is 20.2 Å². The number of carboxylic acids is 1. The predicted molar refractivity (Wildman–Crippen MR) is 144 cm³/mol. The molecule has 2 N–H and O–H groups in total. The smallest absolute Gasteiger partial charge is 0.323 e. The minimum atomic E-state index is -1.05. The van der Waals surface area contributed by atoms with Crippen LogP contribution in [0.5, 0.6) is 5.75 Å². The molecule has 0 saturated carbocycles. The van der Waals surface area contributed by atoms with Crippen LogP contribution in [-0.2, 0) is 11.2 Å². The van der Waals surface area contributed by atoms with Crippen LogP contribution >= 0.6 is 0 Å². The van der Waals surface area contributed by atoms with Crippen LogP contribution in [0.2, 0.25) is 0 Å². The molecule has 0 spiro atoms. The Bertz CT molecular complexity index is 1240. The number of aliphatic carboxylic acids is 1. The zero-order chi connectivity index (χ0) is 27.3. The molecule has 1 aromatic heterocycles. The number of rotatable bonds is 11. The van der Waals surface area contributed by atoms with Gasteiger partial charge in [-0.2, -0.15) is 0 Å². The lowest BCUT2D eigenvalue weighted by molar-refractivity contribution is -0.137. The minimum absolute atomic E-state index is 0.231. The quantitative estimate of drug-likeness (QED) is 0.338. The van der Waals surface area contributed by atoms with Crippen molar-refractivity contribution >= 4 is 22.8 Å². The molecule has 2 unspecified atom stereocenters. The van der Waals surface area contributed by atoms with Crippen LogP contribution in [0.1, 0.15) is 73.7 Å². The van der Waals surface area contributed by atoms with Crippen molar-refractivity contribution in [3.05, 3.63) is 64.9 Å². The lowest BCUT2D eigenvalue weighted by Crippen LogP contribution is -2.32. The number of likely N-dealkylation sites (N-methyl/N-ethyl adjacent to an activating group) is 1. The van der Waals surface area contributed by atoms with E-state index in [1.165, 1.54) is 17.5 Å². The highest BCUT2D eigenvalue weighted by atomic mass is 16.5. The van der Waals surface area contributed by atoms with Crippen molar-refractivity contribution in [2.45, 2.75) is 65.9 Å². The van der Waals surface area contributed by atoms with Gasteiger partial charge in [-0.05, 0) is 72.6 Å². The standard InChI is InChI=1S/C30H39NO6/c1-7-20(21-9-12-25(19(2)14-21)36-18-27(32)30(3,4)5)8-11-24-16-23-15-22(10-13-26(23)37-24)29(35)31(6)17-28(33)34/h9-10,12-16,20,27,32H,7-8,11,17-18H2,1-6H3,(H,33,34). The Hall–Kier alpha value is -3.32. The molecule has 1 amide bonds. The fourth-order valence-electron chi connectivity index (χ4n) is 4.28. The van der Waals surface area contributed by atoms with Gasteiger partial charge in [-0.25, -0.2) is 0 Å². The van der Waals surface area contributed by atoms with Crippen LogP contribution in [0.15, 0.2) is 46.9 Å². The number of fused-ring (bicyclic) bond motifs is 1. The number of amides is 1. The highest BCUT2D eigenvalue weighted by Crippen LogP contribution is 2.31. The first-order valence-corrected chi connectivity index (χ1v) is 12.8. The summed E-state index contributed by atoms with van der Waals surface area (Å²) in [5.74, 6) is 0.602. The molecule has 2 aromatic carbocycles. The number of furan rings is 1. The van der Waals surface area contributed by atoms with Crippen molar-refractivity contribution in [2.24, 2.45) is 5.41 Å². The molecule has 0 aliphatic heterocycles. The topological polar surface area (TPSA) is 100 Å². The monoisotopic (exact) mass is 509 g/mol. The molecule has 0 aliphatic rings. The number of aliphatic hydroxyl groups excluding tert-OH is 1. The second-order valence-corrected chi connectivity index (χ2v) is 10.9. The lowest BCUT2D eigenvalue weighted by Gasteiger charge is -2.26. The Morgan fingerprint density at radius 1 is 1.11 bits per heavy atom. The molecule has 3 aromatic rings. The van der Waals surface area contributed by atoms with Crippen LogP contribution < -0.4 is 4.74 Å². The molecule has 0 fully saturated rings. The van der Waals surface area contributed by atoms with E-state index in [-0.39, 0.29) is 24.5 Å². The maximum atomic E-state index is 12.5. The third-order valence-corrected chi connectivity index (χ3v) is 6.83. The molecule has 200 valence electrons. The number of aryl methyl sites for hydroxylation is 2. The molecule has 3 rings (SSSR count). The summed E-state index contributed by atoms with van der Waals surface area (Å²) in [6, 6.07) is 13.4. The summed E-state index contributed by atoms with van der Waals surface area (Å²) in [6.07, 6.45) is 2.10. The van der Waals surface area contributed by atoms with Gasteiger partial charge < -0.3 is 24.3 Å². The number of aliphatic hydroxyl groups is 1. The van der Waals surface area contributed by atoms with Gasteiger partial charge in [0.2, 0.25) is 0 Å². The SMILES string of the molecule is CCC(CCc1cc2cc(C(=O)N(C)CC(=O)O)ccc2o1)c1ccc(OCC(O)C(C)(C)C)c(C)c1. The van der Waals surface area contributed by atoms with Gasteiger partial charge in [-0.1, -0.05) is 39.8 Å². The van der Waals surface area contributed by atoms with Crippen LogP contribution in [0.4, 0.5) is 0 Å². The third kappa shape index (κ3) is 7.35. The highest BCUT2D eigenvalue weighted by molar-refractivity contribution is 5.98. The average Bonchev–Trinajstić information content (AvgIpc) is 3.24. The number of hydrogen-bond donors (Lipinski definition) is 2. The van der Waals surface area contributed by atoms with Crippen molar-refractivity contribution in [3.8, 4) is 5.75 Å². The van der Waals surface area contributed by atoms with Crippen molar-refractivity contribution < 1.29 is 29.0 Å². The van der Waals surface area contributed by atoms with E-state index >= 15 is 0 Å². The predicted octanol–water partition coefficient (Wildman–Crippen LogP) is 5.81. The zero-order valence-electron chi connectivity index (χ0n) is 22.7. The number of carbonyl (C=O) groups is 2. The Morgan fingerprint density at radius 3 is 2.46 bits per heavy atom. The zero-order valence-corrected chi connectivity index (χ0v) is 22.7. The maximum Gasteiger partial charge on any atom is 0.323 e. The van der Waals surface area contributed by atoms with Gasteiger partial charge in [0.15, 0.2) is 0 Å². The van der Waals surface area contributed by atoms with E-state index in [0.29, 0.717) is 17.1 Å². The second-order valence-electron chi connectivity index (χ2n) is 10.9. The summed E-state index contributed by atoms with van der Waals surface area (Å²) < 4.78 is 11.9. The number of nitrogens with zero attached hydrogens (tertiary/aromatic N) is 1. The molecule has 2 atom stereocenters. The van der Waals surface area contributed by atoms with E-state index in [2.05, 4.69) is 19.1 Å². The van der Waals surface area contributed by atoms with Gasteiger partial charge in [-0.3, -0.25) is 9.59 Å². The molecule has 1 heterocycles. The largest absolute Gasteiger partial charge is 0.491 e. The Morgan fingerprint density at radius 2 is 1.84 bits per heavy atom. The molecule has 0 saturated heterocycles. The summed E-state index contributed by atoms with van der Waals surface area (Å²) in [5.41, 5.74) is 3.20.